The number of rotatable bonds is 9. The van der Waals surface area contributed by atoms with Crippen molar-refractivity contribution in [2.75, 3.05) is 13.7 Å². The van der Waals surface area contributed by atoms with Crippen LogP contribution in [0, 0.1) is 0 Å². The lowest BCUT2D eigenvalue weighted by atomic mass is 10.0. The van der Waals surface area contributed by atoms with Crippen LogP contribution in [-0.2, 0) is 21.1 Å². The predicted molar refractivity (Wildman–Crippen MR) is 112 cm³/mol. The summed E-state index contributed by atoms with van der Waals surface area (Å²) in [5.74, 6) is -1.17. The third-order valence-corrected chi connectivity index (χ3v) is 5.63. The highest BCUT2D eigenvalue weighted by Crippen LogP contribution is 2.41. The van der Waals surface area contributed by atoms with Crippen LogP contribution in [0.3, 0.4) is 0 Å². The number of hydrazone groups is 1. The van der Waals surface area contributed by atoms with E-state index >= 15 is 0 Å². The number of aliphatic carboxylic acids is 1. The van der Waals surface area contributed by atoms with Crippen LogP contribution in [0.1, 0.15) is 31.4 Å². The maximum atomic E-state index is 11.5. The second-order valence-corrected chi connectivity index (χ2v) is 7.54. The number of hydrogen-bond donors (Lipinski definition) is 1. The van der Waals surface area contributed by atoms with Crippen LogP contribution in [-0.4, -0.2) is 58.4 Å². The molecule has 2 heterocycles. The molecule has 0 amide bonds. The van der Waals surface area contributed by atoms with Crippen LogP contribution in [0.15, 0.2) is 50.3 Å². The maximum absolute atomic E-state index is 11.5. The lowest BCUT2D eigenvalue weighted by molar-refractivity contribution is -0.129. The number of hydrogen-bond acceptors (Lipinski definition) is 9. The van der Waals surface area contributed by atoms with Gasteiger partial charge in [0.25, 0.3) is 0 Å². The quantitative estimate of drug-likeness (QED) is 0.487. The van der Waals surface area contributed by atoms with E-state index in [4.69, 9.17) is 9.68 Å². The molecule has 0 fully saturated rings. The molecule has 1 N–H and O–H groups in total. The number of carboxylic acids is 1. The van der Waals surface area contributed by atoms with Crippen molar-refractivity contribution in [3.05, 3.63) is 46.0 Å². The van der Waals surface area contributed by atoms with Crippen LogP contribution in [0.4, 0.5) is 0 Å². The number of fused-ring (bicyclic) bond motifs is 1. The number of nitrogens with zero attached hydrogens (tertiary/aromatic N) is 5. The smallest absolute Gasteiger partial charge is 0.358 e. The first-order chi connectivity index (χ1) is 14.0. The molecular weight excluding hydrogens is 394 g/mol. The van der Waals surface area contributed by atoms with E-state index in [0.717, 1.165) is 5.70 Å². The summed E-state index contributed by atoms with van der Waals surface area (Å²) in [6, 6.07) is 6.98. The largest absolute Gasteiger partial charge is 0.476 e. The van der Waals surface area contributed by atoms with E-state index in [-0.39, 0.29) is 24.4 Å². The van der Waals surface area contributed by atoms with Gasteiger partial charge < -0.3 is 19.7 Å². The number of oxime groups is 2. The minimum Gasteiger partial charge on any atom is -0.476 e. The molecule has 1 unspecified atom stereocenters. The Hall–Kier alpha value is -3.01. The van der Waals surface area contributed by atoms with Gasteiger partial charge in [0.1, 0.15) is 19.6 Å². The van der Waals surface area contributed by atoms with E-state index in [1.165, 1.54) is 4.91 Å². The molecule has 0 bridgehead atoms. The van der Waals surface area contributed by atoms with E-state index in [9.17, 15) is 9.90 Å². The van der Waals surface area contributed by atoms with Gasteiger partial charge in [-0.15, -0.1) is 0 Å². The fourth-order valence-electron chi connectivity index (χ4n) is 2.88. The number of carboxylic acid groups (broad SMARTS) is 1. The molecule has 1 aromatic carbocycles. The molecule has 1 atom stereocenters. The van der Waals surface area contributed by atoms with E-state index in [0.29, 0.717) is 17.5 Å². The molecule has 0 aromatic heterocycles. The van der Waals surface area contributed by atoms with Crippen LogP contribution >= 0.6 is 11.8 Å². The predicted octanol–water partition coefficient (Wildman–Crippen LogP) is 2.86. The second-order valence-electron chi connectivity index (χ2n) is 6.27. The molecule has 0 saturated heterocycles. The lowest BCUT2D eigenvalue weighted by Crippen LogP contribution is -2.30. The van der Waals surface area contributed by atoms with Gasteiger partial charge in [-0.05, 0) is 13.8 Å². The van der Waals surface area contributed by atoms with Gasteiger partial charge in [0.2, 0.25) is 0 Å². The molecule has 154 valence electrons. The Balaban J connectivity index is 1.61. The normalized spacial score (nSPS) is 18.7. The number of carbonyl (C=O) groups is 1. The molecule has 3 rings (SSSR count). The molecule has 1 aromatic rings. The second kappa shape index (κ2) is 9.46. The molecule has 10 heteroatoms. The van der Waals surface area contributed by atoms with Crippen molar-refractivity contribution in [3.8, 4) is 0 Å². The third kappa shape index (κ3) is 4.70. The van der Waals surface area contributed by atoms with Crippen molar-refractivity contribution in [2.24, 2.45) is 15.4 Å². The summed E-state index contributed by atoms with van der Waals surface area (Å²) in [6.45, 7) is 4.20. The molecule has 2 aliphatic heterocycles. The lowest BCUT2D eigenvalue weighted by Gasteiger charge is -2.21. The SMILES string of the molecule is CCON=C(C(=O)O)c1ccccc1CON=CCC1=C(C)SC2N(C)C=NN12. The topological polar surface area (TPSA) is 99.3 Å². The highest BCUT2D eigenvalue weighted by molar-refractivity contribution is 8.03. The van der Waals surface area contributed by atoms with Crippen LogP contribution < -0.4 is 0 Å². The number of thioether (sulfide) groups is 1. The minimum atomic E-state index is -1.17. The summed E-state index contributed by atoms with van der Waals surface area (Å²) in [7, 11) is 1.99. The molecule has 0 saturated carbocycles. The fourth-order valence-corrected chi connectivity index (χ4v) is 4.01. The zero-order valence-corrected chi connectivity index (χ0v) is 17.3. The molecular formula is C19H23N5O4S. The zero-order chi connectivity index (χ0) is 20.8. The molecule has 0 aliphatic carbocycles. The zero-order valence-electron chi connectivity index (χ0n) is 16.5. The van der Waals surface area contributed by atoms with Gasteiger partial charge in [-0.25, -0.2) is 9.80 Å². The van der Waals surface area contributed by atoms with Gasteiger partial charge in [0, 0.05) is 35.7 Å². The van der Waals surface area contributed by atoms with Crippen LogP contribution in [0.2, 0.25) is 0 Å². The summed E-state index contributed by atoms with van der Waals surface area (Å²) in [5.41, 5.74) is 2.19. The fraction of sp³-hybridized carbons (Fsp3) is 0.368. The van der Waals surface area contributed by atoms with Gasteiger partial charge >= 0.3 is 5.97 Å². The molecule has 0 spiro atoms. The average molecular weight is 417 g/mol. The first kappa shape index (κ1) is 20.7. The first-order valence-electron chi connectivity index (χ1n) is 9.10. The van der Waals surface area contributed by atoms with Crippen molar-refractivity contribution in [3.63, 3.8) is 0 Å². The van der Waals surface area contributed by atoms with Gasteiger partial charge in [-0.1, -0.05) is 46.3 Å². The summed E-state index contributed by atoms with van der Waals surface area (Å²) in [4.78, 5) is 25.1. The Morgan fingerprint density at radius 3 is 2.93 bits per heavy atom. The van der Waals surface area contributed by atoms with E-state index < -0.39 is 5.97 Å². The van der Waals surface area contributed by atoms with Gasteiger partial charge in [-0.2, -0.15) is 5.10 Å². The molecule has 0 radical (unpaired) electrons. The van der Waals surface area contributed by atoms with E-state index in [1.807, 2.05) is 12.1 Å². The Morgan fingerprint density at radius 1 is 1.38 bits per heavy atom. The Kier molecular flexibility index (Phi) is 6.76. The van der Waals surface area contributed by atoms with Crippen molar-refractivity contribution in [1.82, 2.24) is 9.91 Å². The van der Waals surface area contributed by atoms with Crippen LogP contribution in [0.25, 0.3) is 0 Å². The van der Waals surface area contributed by atoms with Crippen LogP contribution in [0.5, 0.6) is 0 Å². The summed E-state index contributed by atoms with van der Waals surface area (Å²) in [5, 5.41) is 23.5. The number of benzene rings is 1. The standard InChI is InChI=1S/C19H23N5O4S/c1-4-27-22-17(18(25)26)15-8-6-5-7-14(15)11-28-21-10-9-16-13(2)29-19-23(3)12-20-24(16)19/h5-8,10,12,19H,4,9,11H2,1-3H3,(H,25,26). The van der Waals surface area contributed by atoms with Crippen molar-refractivity contribution in [2.45, 2.75) is 32.4 Å². The molecule has 9 nitrogen and oxygen atoms in total. The third-order valence-electron chi connectivity index (χ3n) is 4.29. The van der Waals surface area contributed by atoms with E-state index in [2.05, 4.69) is 27.2 Å². The van der Waals surface area contributed by atoms with Crippen molar-refractivity contribution < 1.29 is 19.6 Å². The first-order valence-corrected chi connectivity index (χ1v) is 9.97. The maximum Gasteiger partial charge on any atom is 0.358 e. The summed E-state index contributed by atoms with van der Waals surface area (Å²) >= 11 is 1.75. The van der Waals surface area contributed by atoms with Gasteiger partial charge in [0.15, 0.2) is 11.2 Å². The Labute approximate surface area is 173 Å². The highest BCUT2D eigenvalue weighted by Gasteiger charge is 2.35. The molecule has 2 aliphatic rings. The van der Waals surface area contributed by atoms with Crippen molar-refractivity contribution >= 4 is 36.0 Å². The van der Waals surface area contributed by atoms with E-state index in [1.54, 1.807) is 55.5 Å². The highest BCUT2D eigenvalue weighted by atomic mass is 32.2. The monoisotopic (exact) mass is 417 g/mol. The van der Waals surface area contributed by atoms with Crippen molar-refractivity contribution in [1.29, 1.82) is 0 Å². The van der Waals surface area contributed by atoms with Gasteiger partial charge in [0.05, 0.1) is 5.70 Å². The summed E-state index contributed by atoms with van der Waals surface area (Å²) < 4.78 is 0. The molecule has 29 heavy (non-hydrogen) atoms. The average Bonchev–Trinajstić information content (AvgIpc) is 3.21. The number of allylic oxidation sites excluding steroid dienone is 2. The Bertz CT molecular complexity index is 883. The minimum absolute atomic E-state index is 0.116. The summed E-state index contributed by atoms with van der Waals surface area (Å²) in [6.07, 6.45) is 4.08. The van der Waals surface area contributed by atoms with Gasteiger partial charge in [-0.3, -0.25) is 0 Å². The Morgan fingerprint density at radius 2 is 2.17 bits per heavy atom.